The summed E-state index contributed by atoms with van der Waals surface area (Å²) in [4.78, 5) is 2.20. The lowest BCUT2D eigenvalue weighted by Gasteiger charge is -2.44. The molecule has 0 aliphatic heterocycles. The van der Waals surface area contributed by atoms with Gasteiger partial charge in [0.2, 0.25) is 0 Å². The molecule has 2 aromatic rings. The van der Waals surface area contributed by atoms with Crippen molar-refractivity contribution in [2.24, 2.45) is 5.92 Å². The molecule has 2 unspecified atom stereocenters. The Labute approximate surface area is 174 Å². The molecule has 2 nitrogen and oxygen atoms in total. The third-order valence-corrected chi connectivity index (χ3v) is 6.24. The summed E-state index contributed by atoms with van der Waals surface area (Å²) in [6, 6.07) is 14.4. The number of aliphatic hydroxyl groups is 1. The third-order valence-electron chi connectivity index (χ3n) is 5.99. The summed E-state index contributed by atoms with van der Waals surface area (Å²) in [7, 11) is 4.19. The van der Waals surface area contributed by atoms with Gasteiger partial charge >= 0.3 is 0 Å². The Bertz CT molecular complexity index is 840. The number of halogens is 1. The maximum atomic E-state index is 12.1. The molecule has 2 aromatic carbocycles. The zero-order valence-corrected chi connectivity index (χ0v) is 18.3. The van der Waals surface area contributed by atoms with E-state index in [1.165, 1.54) is 16.7 Å². The first-order chi connectivity index (χ1) is 13.3. The van der Waals surface area contributed by atoms with E-state index in [2.05, 4.69) is 57.1 Å². The number of benzene rings is 2. The van der Waals surface area contributed by atoms with E-state index in [-0.39, 0.29) is 5.92 Å². The lowest BCUT2D eigenvalue weighted by molar-refractivity contribution is -0.0124. The van der Waals surface area contributed by atoms with Gasteiger partial charge in [-0.3, -0.25) is 0 Å². The highest BCUT2D eigenvalue weighted by molar-refractivity contribution is 6.30. The Morgan fingerprint density at radius 2 is 1.86 bits per heavy atom. The first kappa shape index (κ1) is 21.1. The van der Waals surface area contributed by atoms with Gasteiger partial charge in [0.15, 0.2) is 0 Å². The minimum Gasteiger partial charge on any atom is -0.385 e. The summed E-state index contributed by atoms with van der Waals surface area (Å²) in [5.74, 6) is 0.217. The molecular weight excluding hydrogens is 366 g/mol. The highest BCUT2D eigenvalue weighted by atomic mass is 35.5. The fourth-order valence-corrected chi connectivity index (χ4v) is 4.56. The predicted molar refractivity (Wildman–Crippen MR) is 120 cm³/mol. The van der Waals surface area contributed by atoms with Crippen LogP contribution in [0.15, 0.2) is 48.0 Å². The standard InChI is InChI=1S/C25H32ClNO/c1-18-8-9-19(2)21(14-18)16-25(28)22(6-5-7-23(25)17-27(3)4)15-20-10-12-24(26)13-11-20/h8-15,23,28H,5-7,16-17H2,1-4H3. The predicted octanol–water partition coefficient (Wildman–Crippen LogP) is 5.68. The summed E-state index contributed by atoms with van der Waals surface area (Å²) < 4.78 is 0. The molecule has 3 heteroatoms. The maximum absolute atomic E-state index is 12.1. The first-order valence-corrected chi connectivity index (χ1v) is 10.6. The summed E-state index contributed by atoms with van der Waals surface area (Å²) >= 11 is 6.05. The molecule has 1 aliphatic carbocycles. The van der Waals surface area contributed by atoms with Gasteiger partial charge < -0.3 is 10.0 Å². The van der Waals surface area contributed by atoms with Gasteiger partial charge in [-0.2, -0.15) is 0 Å². The smallest absolute Gasteiger partial charge is 0.0940 e. The Balaban J connectivity index is 2.03. The largest absolute Gasteiger partial charge is 0.385 e. The number of aryl methyl sites for hydroxylation is 2. The zero-order valence-electron chi connectivity index (χ0n) is 17.5. The van der Waals surface area contributed by atoms with Crippen LogP contribution in [-0.2, 0) is 6.42 Å². The molecule has 0 spiro atoms. The van der Waals surface area contributed by atoms with Crippen molar-refractivity contribution in [1.82, 2.24) is 4.90 Å². The van der Waals surface area contributed by atoms with Gasteiger partial charge in [0.05, 0.1) is 5.60 Å². The van der Waals surface area contributed by atoms with E-state index in [1.54, 1.807) is 0 Å². The monoisotopic (exact) mass is 397 g/mol. The molecule has 28 heavy (non-hydrogen) atoms. The number of hydrogen-bond donors (Lipinski definition) is 1. The normalized spacial score (nSPS) is 24.1. The highest BCUT2D eigenvalue weighted by Crippen LogP contribution is 2.42. The van der Waals surface area contributed by atoms with Crippen molar-refractivity contribution >= 4 is 17.7 Å². The van der Waals surface area contributed by atoms with E-state index < -0.39 is 5.60 Å². The molecule has 2 atom stereocenters. The quantitative estimate of drug-likeness (QED) is 0.701. The van der Waals surface area contributed by atoms with E-state index >= 15 is 0 Å². The molecule has 1 aliphatic rings. The molecule has 0 bridgehead atoms. The van der Waals surface area contributed by atoms with Gasteiger partial charge in [-0.05, 0) is 81.6 Å². The van der Waals surface area contributed by atoms with E-state index in [9.17, 15) is 5.11 Å². The second kappa shape index (κ2) is 8.82. The van der Waals surface area contributed by atoms with Crippen LogP contribution >= 0.6 is 11.6 Å². The molecule has 0 amide bonds. The van der Waals surface area contributed by atoms with Gasteiger partial charge in [0, 0.05) is 23.9 Å². The van der Waals surface area contributed by atoms with Crippen LogP contribution in [0.3, 0.4) is 0 Å². The molecular formula is C25H32ClNO. The second-order valence-corrected chi connectivity index (χ2v) is 9.04. The van der Waals surface area contributed by atoms with E-state index in [0.29, 0.717) is 6.42 Å². The fraction of sp³-hybridized carbons (Fsp3) is 0.440. The number of rotatable bonds is 5. The van der Waals surface area contributed by atoms with E-state index in [0.717, 1.165) is 42.0 Å². The van der Waals surface area contributed by atoms with Gasteiger partial charge in [-0.25, -0.2) is 0 Å². The average Bonchev–Trinajstić information content (AvgIpc) is 2.63. The van der Waals surface area contributed by atoms with Crippen LogP contribution in [0.1, 0.15) is 41.5 Å². The molecule has 1 fully saturated rings. The Kier molecular flexibility index (Phi) is 6.65. The number of nitrogens with zero attached hydrogens (tertiary/aromatic N) is 1. The molecule has 0 saturated heterocycles. The maximum Gasteiger partial charge on any atom is 0.0940 e. The molecule has 1 N–H and O–H groups in total. The average molecular weight is 398 g/mol. The van der Waals surface area contributed by atoms with Crippen LogP contribution in [0.5, 0.6) is 0 Å². The number of hydrogen-bond acceptors (Lipinski definition) is 2. The lowest BCUT2D eigenvalue weighted by atomic mass is 9.68. The summed E-state index contributed by atoms with van der Waals surface area (Å²) in [6.45, 7) is 5.15. The molecule has 1 saturated carbocycles. The summed E-state index contributed by atoms with van der Waals surface area (Å²) in [6.07, 6.45) is 5.96. The van der Waals surface area contributed by atoms with Crippen LogP contribution < -0.4 is 0 Å². The zero-order chi connectivity index (χ0) is 20.3. The van der Waals surface area contributed by atoms with Gasteiger partial charge in [0.25, 0.3) is 0 Å². The topological polar surface area (TPSA) is 23.5 Å². The van der Waals surface area contributed by atoms with Gasteiger partial charge in [-0.1, -0.05) is 53.6 Å². The first-order valence-electron chi connectivity index (χ1n) is 10.2. The second-order valence-electron chi connectivity index (χ2n) is 8.60. The Hall–Kier alpha value is -1.61. The fourth-order valence-electron chi connectivity index (χ4n) is 4.44. The van der Waals surface area contributed by atoms with Crippen molar-refractivity contribution < 1.29 is 5.11 Å². The van der Waals surface area contributed by atoms with Crippen LogP contribution in [0.25, 0.3) is 6.08 Å². The lowest BCUT2D eigenvalue weighted by Crippen LogP contribution is -2.48. The molecule has 0 heterocycles. The highest BCUT2D eigenvalue weighted by Gasteiger charge is 2.42. The minimum atomic E-state index is -0.833. The summed E-state index contributed by atoms with van der Waals surface area (Å²) in [5, 5.41) is 12.8. The van der Waals surface area contributed by atoms with Crippen LogP contribution in [0.2, 0.25) is 5.02 Å². The molecule has 3 rings (SSSR count). The van der Waals surface area contributed by atoms with Crippen molar-refractivity contribution in [3.63, 3.8) is 0 Å². The third kappa shape index (κ3) is 4.86. The molecule has 0 aromatic heterocycles. The van der Waals surface area contributed by atoms with Gasteiger partial charge in [0.1, 0.15) is 0 Å². The van der Waals surface area contributed by atoms with E-state index in [4.69, 9.17) is 11.6 Å². The molecule has 150 valence electrons. The SMILES string of the molecule is Cc1ccc(C)c(CC2(O)C(=Cc3ccc(Cl)cc3)CCCC2CN(C)C)c1. The van der Waals surface area contributed by atoms with Crippen molar-refractivity contribution in [3.8, 4) is 0 Å². The van der Waals surface area contributed by atoms with Gasteiger partial charge in [-0.15, -0.1) is 0 Å². The molecule has 0 radical (unpaired) electrons. The van der Waals surface area contributed by atoms with Crippen molar-refractivity contribution in [1.29, 1.82) is 0 Å². The summed E-state index contributed by atoms with van der Waals surface area (Å²) in [5.41, 5.74) is 5.15. The Morgan fingerprint density at radius 3 is 2.54 bits per heavy atom. The Morgan fingerprint density at radius 1 is 1.14 bits per heavy atom. The van der Waals surface area contributed by atoms with Crippen molar-refractivity contribution in [2.45, 2.75) is 45.1 Å². The van der Waals surface area contributed by atoms with E-state index in [1.807, 2.05) is 24.3 Å². The van der Waals surface area contributed by atoms with Crippen LogP contribution in [-0.4, -0.2) is 36.2 Å². The van der Waals surface area contributed by atoms with Crippen LogP contribution in [0.4, 0.5) is 0 Å². The van der Waals surface area contributed by atoms with Crippen LogP contribution in [0, 0.1) is 19.8 Å². The van der Waals surface area contributed by atoms with Crippen molar-refractivity contribution in [3.05, 3.63) is 75.3 Å². The van der Waals surface area contributed by atoms with Crippen molar-refractivity contribution in [2.75, 3.05) is 20.6 Å². The minimum absolute atomic E-state index is 0.217.